The number of pyridine rings is 2. The fourth-order valence-corrected chi connectivity index (χ4v) is 4.24. The molecule has 0 fully saturated rings. The molecule has 0 bridgehead atoms. The predicted molar refractivity (Wildman–Crippen MR) is 123 cm³/mol. The maximum atomic E-state index is 13.1. The van der Waals surface area contributed by atoms with Crippen molar-refractivity contribution in [2.75, 3.05) is 24.4 Å². The van der Waals surface area contributed by atoms with Crippen molar-refractivity contribution in [1.29, 1.82) is 0 Å². The van der Waals surface area contributed by atoms with E-state index in [9.17, 15) is 9.59 Å². The second kappa shape index (κ2) is 8.53. The number of ether oxygens (including phenoxy) is 1. The number of benzene rings is 1. The van der Waals surface area contributed by atoms with E-state index >= 15 is 0 Å². The molecule has 0 aliphatic rings. The van der Waals surface area contributed by atoms with Gasteiger partial charge in [-0.1, -0.05) is 18.2 Å². The molecule has 0 spiro atoms. The van der Waals surface area contributed by atoms with Crippen molar-refractivity contribution < 1.29 is 14.3 Å². The number of anilines is 2. The first-order valence-corrected chi connectivity index (χ1v) is 10.3. The molecule has 0 saturated heterocycles. The molecule has 0 atom stereocenters. The molecule has 0 aliphatic carbocycles. The number of rotatable bonds is 5. The first kappa shape index (κ1) is 20.5. The number of amides is 2. The van der Waals surface area contributed by atoms with Crippen LogP contribution in [-0.4, -0.2) is 35.9 Å². The highest BCUT2D eigenvalue weighted by atomic mass is 32.1. The lowest BCUT2D eigenvalue weighted by Crippen LogP contribution is -2.26. The summed E-state index contributed by atoms with van der Waals surface area (Å²) in [5, 5.41) is 3.71. The summed E-state index contributed by atoms with van der Waals surface area (Å²) in [7, 11) is 3.23. The summed E-state index contributed by atoms with van der Waals surface area (Å²) in [6, 6.07) is 14.7. The van der Waals surface area contributed by atoms with E-state index in [1.54, 1.807) is 37.6 Å². The number of nitrogens with zero attached hydrogens (tertiary/aromatic N) is 3. The highest BCUT2D eigenvalue weighted by molar-refractivity contribution is 7.21. The average molecular weight is 433 g/mol. The number of nitrogens with one attached hydrogen (secondary N) is 1. The third-order valence-corrected chi connectivity index (χ3v) is 5.80. The largest absolute Gasteiger partial charge is 0.481 e. The Morgan fingerprint density at radius 1 is 1.10 bits per heavy atom. The maximum absolute atomic E-state index is 13.1. The molecular formula is C23H20N4O3S. The van der Waals surface area contributed by atoms with Crippen LogP contribution in [0.15, 0.2) is 60.9 Å². The normalized spacial score (nSPS) is 10.7. The Balaban J connectivity index is 1.67. The number of carbonyl (C=O) groups is 2. The van der Waals surface area contributed by atoms with Gasteiger partial charge in [0.25, 0.3) is 5.91 Å². The van der Waals surface area contributed by atoms with Crippen LogP contribution in [0.5, 0.6) is 5.88 Å². The Kier molecular flexibility index (Phi) is 5.64. The summed E-state index contributed by atoms with van der Waals surface area (Å²) >= 11 is 1.39. The summed E-state index contributed by atoms with van der Waals surface area (Å²) in [5.41, 5.74) is 2.60. The fraction of sp³-hybridized carbons (Fsp3) is 0.130. The van der Waals surface area contributed by atoms with E-state index in [0.717, 1.165) is 26.9 Å². The quantitative estimate of drug-likeness (QED) is 0.498. The van der Waals surface area contributed by atoms with Crippen LogP contribution in [0, 0.1) is 0 Å². The zero-order valence-corrected chi connectivity index (χ0v) is 18.1. The minimum atomic E-state index is -0.158. The van der Waals surface area contributed by atoms with Gasteiger partial charge in [0.1, 0.15) is 5.82 Å². The first-order chi connectivity index (χ1) is 15.0. The molecule has 31 heavy (non-hydrogen) atoms. The van der Waals surface area contributed by atoms with Gasteiger partial charge >= 0.3 is 0 Å². The van der Waals surface area contributed by atoms with Gasteiger partial charge in [0.05, 0.1) is 16.7 Å². The molecule has 4 aromatic rings. The van der Waals surface area contributed by atoms with Gasteiger partial charge in [0.2, 0.25) is 11.8 Å². The van der Waals surface area contributed by atoms with Crippen LogP contribution in [0.2, 0.25) is 0 Å². The maximum Gasteiger partial charge on any atom is 0.269 e. The van der Waals surface area contributed by atoms with Gasteiger partial charge in [-0.3, -0.25) is 19.5 Å². The van der Waals surface area contributed by atoms with Crippen molar-refractivity contribution in [2.45, 2.75) is 6.92 Å². The van der Waals surface area contributed by atoms with E-state index in [-0.39, 0.29) is 11.8 Å². The van der Waals surface area contributed by atoms with Crippen LogP contribution in [0.4, 0.5) is 11.5 Å². The zero-order valence-electron chi connectivity index (χ0n) is 17.2. The number of thiophene rings is 1. The number of methoxy groups -OCH3 is 1. The molecule has 3 heterocycles. The SMILES string of the molecule is COc1cccc(N(C)C(=O)c2cc3c(-c4ccc(NC(C)=O)cc4)cncc3s2)n1. The summed E-state index contributed by atoms with van der Waals surface area (Å²) < 4.78 is 6.07. The van der Waals surface area contributed by atoms with Gasteiger partial charge in [-0.25, -0.2) is 0 Å². The Morgan fingerprint density at radius 2 is 1.87 bits per heavy atom. The van der Waals surface area contributed by atoms with Gasteiger partial charge in [0.15, 0.2) is 0 Å². The molecule has 0 saturated carbocycles. The third-order valence-electron chi connectivity index (χ3n) is 4.74. The van der Waals surface area contributed by atoms with Gasteiger partial charge < -0.3 is 10.1 Å². The van der Waals surface area contributed by atoms with Crippen LogP contribution in [-0.2, 0) is 4.79 Å². The first-order valence-electron chi connectivity index (χ1n) is 9.51. The molecule has 156 valence electrons. The second-order valence-corrected chi connectivity index (χ2v) is 7.95. The van der Waals surface area contributed by atoms with E-state index in [1.165, 1.54) is 30.3 Å². The lowest BCUT2D eigenvalue weighted by Gasteiger charge is -2.15. The Bertz CT molecular complexity index is 1270. The molecular weight excluding hydrogens is 412 g/mol. The van der Waals surface area contributed by atoms with E-state index < -0.39 is 0 Å². The molecule has 2 amide bonds. The topological polar surface area (TPSA) is 84.4 Å². The van der Waals surface area contributed by atoms with Crippen molar-refractivity contribution >= 4 is 44.7 Å². The predicted octanol–water partition coefficient (Wildman–Crippen LogP) is 4.60. The van der Waals surface area contributed by atoms with E-state index in [1.807, 2.05) is 30.3 Å². The lowest BCUT2D eigenvalue weighted by molar-refractivity contribution is -0.114. The molecule has 7 nitrogen and oxygen atoms in total. The molecule has 8 heteroatoms. The van der Waals surface area contributed by atoms with Crippen LogP contribution >= 0.6 is 11.3 Å². The van der Waals surface area contributed by atoms with Gasteiger partial charge in [-0.2, -0.15) is 4.98 Å². The van der Waals surface area contributed by atoms with Crippen molar-refractivity contribution in [3.05, 3.63) is 65.8 Å². The second-order valence-electron chi connectivity index (χ2n) is 6.87. The van der Waals surface area contributed by atoms with Crippen molar-refractivity contribution in [3.8, 4) is 17.0 Å². The Labute approximate surface area is 183 Å². The highest BCUT2D eigenvalue weighted by Gasteiger charge is 2.19. The average Bonchev–Trinajstić information content (AvgIpc) is 3.23. The highest BCUT2D eigenvalue weighted by Crippen LogP contribution is 2.34. The molecule has 1 aromatic carbocycles. The smallest absolute Gasteiger partial charge is 0.269 e. The Hall–Kier alpha value is -3.78. The monoisotopic (exact) mass is 432 g/mol. The molecule has 3 aromatic heterocycles. The zero-order chi connectivity index (χ0) is 22.0. The van der Waals surface area contributed by atoms with Crippen LogP contribution in [0.1, 0.15) is 16.6 Å². The number of hydrogen-bond acceptors (Lipinski definition) is 6. The van der Waals surface area contributed by atoms with E-state index in [4.69, 9.17) is 4.74 Å². The summed E-state index contributed by atoms with van der Waals surface area (Å²) in [5.74, 6) is 0.678. The van der Waals surface area contributed by atoms with Gasteiger partial charge in [-0.05, 0) is 29.8 Å². The van der Waals surface area contributed by atoms with Crippen LogP contribution < -0.4 is 15.0 Å². The van der Waals surface area contributed by atoms with Crippen molar-refractivity contribution in [1.82, 2.24) is 9.97 Å². The number of aromatic nitrogens is 2. The van der Waals surface area contributed by atoms with Crippen LogP contribution in [0.3, 0.4) is 0 Å². The fourth-order valence-electron chi connectivity index (χ4n) is 3.21. The number of fused-ring (bicyclic) bond motifs is 1. The summed E-state index contributed by atoms with van der Waals surface area (Å²) in [6.45, 7) is 1.47. The molecule has 0 aliphatic heterocycles. The third kappa shape index (κ3) is 4.24. The summed E-state index contributed by atoms with van der Waals surface area (Å²) in [4.78, 5) is 35.1. The van der Waals surface area contributed by atoms with Gasteiger partial charge in [-0.15, -0.1) is 11.3 Å². The van der Waals surface area contributed by atoms with E-state index in [0.29, 0.717) is 16.6 Å². The molecule has 1 N–H and O–H groups in total. The Morgan fingerprint density at radius 3 is 2.58 bits per heavy atom. The van der Waals surface area contributed by atoms with Crippen molar-refractivity contribution in [3.63, 3.8) is 0 Å². The minimum Gasteiger partial charge on any atom is -0.481 e. The molecule has 0 unspecified atom stereocenters. The number of carbonyl (C=O) groups excluding carboxylic acids is 2. The molecule has 4 rings (SSSR count). The van der Waals surface area contributed by atoms with Crippen LogP contribution in [0.25, 0.3) is 21.2 Å². The lowest BCUT2D eigenvalue weighted by atomic mass is 10.0. The summed E-state index contributed by atoms with van der Waals surface area (Å²) in [6.07, 6.45) is 3.54. The standard InChI is InChI=1S/C23H20N4O3S/c1-14(28)25-16-9-7-15(8-10-16)18-12-24-13-20-17(18)11-19(31-20)23(29)27(2)21-5-4-6-22(26-21)30-3/h4-13H,1-3H3,(H,25,28). The van der Waals surface area contributed by atoms with Gasteiger partial charge in [0, 0.05) is 49.1 Å². The van der Waals surface area contributed by atoms with Crippen molar-refractivity contribution in [2.24, 2.45) is 0 Å². The minimum absolute atomic E-state index is 0.118. The molecule has 0 radical (unpaired) electrons. The number of hydrogen-bond donors (Lipinski definition) is 1. The van der Waals surface area contributed by atoms with E-state index in [2.05, 4.69) is 15.3 Å².